The Hall–Kier alpha value is -3.65. The molecule has 154 valence electrons. The second-order valence-electron chi connectivity index (χ2n) is 7.46. The Labute approximate surface area is 182 Å². The lowest BCUT2D eigenvalue weighted by Gasteiger charge is -2.15. The molecule has 0 saturated carbocycles. The summed E-state index contributed by atoms with van der Waals surface area (Å²) in [4.78, 5) is 50.4. The van der Waals surface area contributed by atoms with E-state index in [0.29, 0.717) is 21.3 Å². The van der Waals surface area contributed by atoms with E-state index < -0.39 is 29.6 Å². The SMILES string of the molecule is Cc1ccc(N2C(=O)C3ON=C(C(=O)c4sc(-c5ccccc5)nc4C)C3C2=O)cc1. The first-order valence-electron chi connectivity index (χ1n) is 9.71. The lowest BCUT2D eigenvalue weighted by atomic mass is 9.96. The van der Waals surface area contributed by atoms with Gasteiger partial charge < -0.3 is 4.84 Å². The number of carbonyl (C=O) groups is 3. The topological polar surface area (TPSA) is 88.9 Å². The molecule has 5 rings (SSSR count). The summed E-state index contributed by atoms with van der Waals surface area (Å²) in [6.07, 6.45) is -1.12. The number of benzene rings is 2. The highest BCUT2D eigenvalue weighted by molar-refractivity contribution is 7.18. The fourth-order valence-electron chi connectivity index (χ4n) is 3.74. The van der Waals surface area contributed by atoms with E-state index in [1.54, 1.807) is 19.1 Å². The summed E-state index contributed by atoms with van der Waals surface area (Å²) in [6.45, 7) is 3.66. The van der Waals surface area contributed by atoms with Crippen molar-refractivity contribution in [3.05, 3.63) is 70.7 Å². The predicted molar refractivity (Wildman–Crippen MR) is 116 cm³/mol. The highest BCUT2D eigenvalue weighted by Crippen LogP contribution is 2.36. The molecular weight excluding hydrogens is 414 g/mol. The number of ketones is 1. The predicted octanol–water partition coefficient (Wildman–Crippen LogP) is 3.55. The molecule has 7 nitrogen and oxygen atoms in total. The third kappa shape index (κ3) is 3.07. The Morgan fingerprint density at radius 3 is 2.42 bits per heavy atom. The number of aryl methyl sites for hydroxylation is 2. The van der Waals surface area contributed by atoms with Gasteiger partial charge in [0.2, 0.25) is 17.8 Å². The quantitative estimate of drug-likeness (QED) is 0.466. The van der Waals surface area contributed by atoms with Gasteiger partial charge in [-0.2, -0.15) is 0 Å². The Bertz CT molecular complexity index is 1250. The molecule has 8 heteroatoms. The standard InChI is InChI=1S/C23H17N3O4S/c1-12-8-10-15(11-9-12)26-22(28)16-17(25-30-19(16)23(26)29)18(27)20-13(2)24-21(31-20)14-6-4-3-5-7-14/h3-11,16,19H,1-2H3. The number of anilines is 1. The third-order valence-corrected chi connectivity index (χ3v) is 6.57. The Kier molecular flexibility index (Phi) is 4.51. The normalized spacial score (nSPS) is 19.9. The molecule has 0 radical (unpaired) electrons. The average Bonchev–Trinajstić information content (AvgIpc) is 3.45. The van der Waals surface area contributed by atoms with Crippen molar-refractivity contribution < 1.29 is 19.2 Å². The molecule has 2 amide bonds. The fraction of sp³-hybridized carbons (Fsp3) is 0.174. The van der Waals surface area contributed by atoms with Gasteiger partial charge in [0.05, 0.1) is 16.3 Å². The van der Waals surface area contributed by atoms with Gasteiger partial charge >= 0.3 is 0 Å². The van der Waals surface area contributed by atoms with Crippen LogP contribution >= 0.6 is 11.3 Å². The molecule has 0 N–H and O–H groups in total. The van der Waals surface area contributed by atoms with Crippen molar-refractivity contribution in [2.45, 2.75) is 20.0 Å². The van der Waals surface area contributed by atoms with Crippen molar-refractivity contribution in [1.29, 1.82) is 0 Å². The van der Waals surface area contributed by atoms with Crippen molar-refractivity contribution >= 4 is 40.3 Å². The lowest BCUT2D eigenvalue weighted by Crippen LogP contribution is -2.34. The van der Waals surface area contributed by atoms with Gasteiger partial charge in [-0.3, -0.25) is 14.4 Å². The van der Waals surface area contributed by atoms with Crippen LogP contribution in [0.4, 0.5) is 5.69 Å². The van der Waals surface area contributed by atoms with Gasteiger partial charge in [-0.1, -0.05) is 53.2 Å². The highest BCUT2D eigenvalue weighted by Gasteiger charge is 2.57. The number of oxime groups is 1. The molecule has 0 aliphatic carbocycles. The molecule has 2 aromatic carbocycles. The first-order valence-corrected chi connectivity index (χ1v) is 10.5. The molecule has 1 aromatic heterocycles. The Morgan fingerprint density at radius 1 is 1.00 bits per heavy atom. The molecule has 1 fully saturated rings. The van der Waals surface area contributed by atoms with Gasteiger partial charge in [-0.15, -0.1) is 11.3 Å². The number of rotatable bonds is 4. The number of Topliss-reactive ketones (excluding diaryl/α,β-unsaturated/α-hetero) is 1. The molecule has 3 aromatic rings. The minimum atomic E-state index is -1.12. The van der Waals surface area contributed by atoms with Gasteiger partial charge in [0.25, 0.3) is 5.91 Å². The Balaban J connectivity index is 1.46. The van der Waals surface area contributed by atoms with Crippen LogP contribution in [0.15, 0.2) is 59.8 Å². The van der Waals surface area contributed by atoms with E-state index in [9.17, 15) is 14.4 Å². The number of fused-ring (bicyclic) bond motifs is 1. The van der Waals surface area contributed by atoms with Crippen LogP contribution in [0.25, 0.3) is 10.6 Å². The van der Waals surface area contributed by atoms with Crippen LogP contribution in [0.1, 0.15) is 20.9 Å². The van der Waals surface area contributed by atoms with Crippen LogP contribution in [0.3, 0.4) is 0 Å². The maximum Gasteiger partial charge on any atom is 0.278 e. The van der Waals surface area contributed by atoms with Crippen LogP contribution < -0.4 is 4.90 Å². The summed E-state index contributed by atoms with van der Waals surface area (Å²) < 4.78 is 0. The molecule has 1 saturated heterocycles. The molecule has 3 heterocycles. The van der Waals surface area contributed by atoms with Crippen LogP contribution in [0.5, 0.6) is 0 Å². The maximum atomic E-state index is 13.3. The lowest BCUT2D eigenvalue weighted by molar-refractivity contribution is -0.126. The van der Waals surface area contributed by atoms with E-state index in [4.69, 9.17) is 4.84 Å². The number of carbonyl (C=O) groups excluding carboxylic acids is 3. The van der Waals surface area contributed by atoms with Crippen molar-refractivity contribution in [2.75, 3.05) is 4.90 Å². The molecule has 2 aliphatic heterocycles. The van der Waals surface area contributed by atoms with E-state index in [-0.39, 0.29) is 5.71 Å². The van der Waals surface area contributed by atoms with E-state index >= 15 is 0 Å². The third-order valence-electron chi connectivity index (χ3n) is 5.36. The van der Waals surface area contributed by atoms with E-state index in [2.05, 4.69) is 10.1 Å². The zero-order chi connectivity index (χ0) is 21.7. The van der Waals surface area contributed by atoms with Crippen molar-refractivity contribution in [2.24, 2.45) is 11.1 Å². The van der Waals surface area contributed by atoms with E-state index in [1.807, 2.05) is 49.4 Å². The number of imide groups is 1. The zero-order valence-corrected chi connectivity index (χ0v) is 17.6. The van der Waals surface area contributed by atoms with Gasteiger partial charge in [-0.05, 0) is 26.0 Å². The highest BCUT2D eigenvalue weighted by atomic mass is 32.1. The number of hydrogen-bond donors (Lipinski definition) is 0. The van der Waals surface area contributed by atoms with Crippen molar-refractivity contribution in [3.63, 3.8) is 0 Å². The van der Waals surface area contributed by atoms with Crippen LogP contribution in [-0.4, -0.2) is 34.4 Å². The van der Waals surface area contributed by atoms with Gasteiger partial charge in [-0.25, -0.2) is 9.88 Å². The zero-order valence-electron chi connectivity index (χ0n) is 16.7. The first kappa shape index (κ1) is 19.3. The van der Waals surface area contributed by atoms with Crippen LogP contribution in [0.2, 0.25) is 0 Å². The Morgan fingerprint density at radius 2 is 1.71 bits per heavy atom. The largest absolute Gasteiger partial charge is 0.381 e. The second-order valence-corrected chi connectivity index (χ2v) is 8.46. The van der Waals surface area contributed by atoms with Gasteiger partial charge in [0.15, 0.2) is 0 Å². The summed E-state index contributed by atoms with van der Waals surface area (Å²) in [5, 5.41) is 4.54. The van der Waals surface area contributed by atoms with Gasteiger partial charge in [0.1, 0.15) is 16.6 Å². The monoisotopic (exact) mass is 431 g/mol. The molecular formula is C23H17N3O4S. The van der Waals surface area contributed by atoms with E-state index in [1.165, 1.54) is 11.3 Å². The number of thiazole rings is 1. The van der Waals surface area contributed by atoms with E-state index in [0.717, 1.165) is 16.0 Å². The summed E-state index contributed by atoms with van der Waals surface area (Å²) >= 11 is 1.24. The maximum absolute atomic E-state index is 13.3. The number of hydrogen-bond acceptors (Lipinski definition) is 7. The molecule has 2 aliphatic rings. The number of nitrogens with zero attached hydrogens (tertiary/aromatic N) is 3. The minimum Gasteiger partial charge on any atom is -0.381 e. The molecule has 2 atom stereocenters. The molecule has 2 unspecified atom stereocenters. The number of amides is 2. The minimum absolute atomic E-state index is 0.0516. The van der Waals surface area contributed by atoms with Gasteiger partial charge in [0, 0.05) is 5.56 Å². The molecule has 0 spiro atoms. The van der Waals surface area contributed by atoms with Crippen LogP contribution in [0, 0.1) is 19.8 Å². The van der Waals surface area contributed by atoms with Crippen molar-refractivity contribution in [3.8, 4) is 10.6 Å². The summed E-state index contributed by atoms with van der Waals surface area (Å²) in [5.41, 5.74) is 2.85. The molecule has 31 heavy (non-hydrogen) atoms. The number of aromatic nitrogens is 1. The summed E-state index contributed by atoms with van der Waals surface area (Å²) in [6, 6.07) is 16.6. The average molecular weight is 431 g/mol. The second kappa shape index (κ2) is 7.24. The fourth-order valence-corrected chi connectivity index (χ4v) is 4.76. The summed E-state index contributed by atoms with van der Waals surface area (Å²) in [5.74, 6) is -2.51. The smallest absolute Gasteiger partial charge is 0.278 e. The summed E-state index contributed by atoms with van der Waals surface area (Å²) in [7, 11) is 0. The molecule has 0 bridgehead atoms. The van der Waals surface area contributed by atoms with Crippen LogP contribution in [-0.2, 0) is 14.4 Å². The first-order chi connectivity index (χ1) is 15.0. The van der Waals surface area contributed by atoms with Crippen molar-refractivity contribution in [1.82, 2.24) is 4.98 Å².